The Kier molecular flexibility index (Phi) is 15.2. The van der Waals surface area contributed by atoms with Crippen LogP contribution in [-0.4, -0.2) is 120 Å². The molecule has 2 aliphatic rings. The minimum absolute atomic E-state index is 0.0147. The van der Waals surface area contributed by atoms with E-state index in [4.69, 9.17) is 35.7 Å². The number of aliphatic hydroxyl groups excluding tert-OH is 2. The average molecular weight is 847 g/mol. The van der Waals surface area contributed by atoms with E-state index in [1.807, 2.05) is 0 Å². The standard InChI is InChI=1S/C18H19N3O6S.C10H14N2O3.C8H6ClNO3S/c1-26-13-4-6-17-14(10-13)18(20-28(17,24)25)21(7-8-22)19-11-12-3-5-15(23)16(9-12)27-2;1-15-10-6-8(2-3-9(10)14)7-12-11-4-5-13;1-13-5-2-3-7-6(4-5)8(9)10-14(7,11)12/h3-6,9-11,22-23H,7-8H2,1-2H3;2-3,6-7,11,13-14H,4-5H2,1H3;2-4H,1H3/b19-11+;12-7+;. The number of phenols is 2. The monoisotopic (exact) mass is 846 g/mol. The second-order valence-electron chi connectivity index (χ2n) is 11.3. The van der Waals surface area contributed by atoms with Gasteiger partial charge in [0.15, 0.2) is 34.0 Å². The van der Waals surface area contributed by atoms with Crippen molar-refractivity contribution in [2.45, 2.75) is 9.79 Å². The molecule has 2 aliphatic heterocycles. The van der Waals surface area contributed by atoms with Gasteiger partial charge in [-0.05, 0) is 83.9 Å². The largest absolute Gasteiger partial charge is 0.504 e. The molecule has 0 amide bonds. The highest BCUT2D eigenvalue weighted by Crippen LogP contribution is 2.32. The van der Waals surface area contributed by atoms with E-state index >= 15 is 0 Å². The van der Waals surface area contributed by atoms with Crippen LogP contribution >= 0.6 is 11.6 Å². The zero-order valence-corrected chi connectivity index (χ0v) is 33.3. The van der Waals surface area contributed by atoms with Crippen molar-refractivity contribution in [3.05, 3.63) is 95.1 Å². The van der Waals surface area contributed by atoms with Gasteiger partial charge in [-0.15, -0.1) is 8.80 Å². The molecular weight excluding hydrogens is 808 g/mol. The Balaban J connectivity index is 0.000000209. The summed E-state index contributed by atoms with van der Waals surface area (Å²) < 4.78 is 74.7. The van der Waals surface area contributed by atoms with Crippen molar-refractivity contribution in [2.75, 3.05) is 54.7 Å². The fraction of sp³-hybridized carbons (Fsp3) is 0.222. The molecule has 4 aromatic rings. The minimum Gasteiger partial charge on any atom is -0.504 e. The Hall–Kier alpha value is -5.93. The van der Waals surface area contributed by atoms with Crippen LogP contribution in [0.1, 0.15) is 22.3 Å². The second-order valence-corrected chi connectivity index (χ2v) is 14.8. The lowest BCUT2D eigenvalue weighted by molar-refractivity contribution is 0.254. The van der Waals surface area contributed by atoms with Crippen LogP contribution in [0.15, 0.2) is 102 Å². The van der Waals surface area contributed by atoms with Crippen molar-refractivity contribution in [3.63, 3.8) is 0 Å². The van der Waals surface area contributed by atoms with E-state index in [0.29, 0.717) is 40.5 Å². The van der Waals surface area contributed by atoms with Gasteiger partial charge in [0.2, 0.25) is 0 Å². The summed E-state index contributed by atoms with van der Waals surface area (Å²) in [5, 5.41) is 46.3. The molecule has 304 valence electrons. The van der Waals surface area contributed by atoms with E-state index in [9.17, 15) is 32.2 Å². The first-order chi connectivity index (χ1) is 27.2. The Morgan fingerprint density at radius 1 is 0.702 bits per heavy atom. The van der Waals surface area contributed by atoms with Crippen LogP contribution in [0.3, 0.4) is 0 Å². The summed E-state index contributed by atoms with van der Waals surface area (Å²) in [6.45, 7) is 0.202. The van der Waals surface area contributed by atoms with Crippen molar-refractivity contribution in [1.29, 1.82) is 0 Å². The number of nitrogens with one attached hydrogen (secondary N) is 1. The zero-order valence-electron chi connectivity index (χ0n) is 30.9. The number of hydrogen-bond acceptors (Lipinski definition) is 16. The lowest BCUT2D eigenvalue weighted by Crippen LogP contribution is -2.29. The maximum absolute atomic E-state index is 12.4. The second kappa shape index (κ2) is 19.8. The summed E-state index contributed by atoms with van der Waals surface area (Å²) >= 11 is 5.67. The number of sulfonamides is 2. The molecule has 0 radical (unpaired) electrons. The molecule has 0 fully saturated rings. The van der Waals surface area contributed by atoms with E-state index in [0.717, 1.165) is 5.56 Å². The van der Waals surface area contributed by atoms with Gasteiger partial charge in [0, 0.05) is 11.1 Å². The molecule has 0 saturated heterocycles. The number of aromatic hydroxyl groups is 2. The average Bonchev–Trinajstić information content (AvgIpc) is 3.61. The maximum atomic E-state index is 12.4. The molecule has 18 nitrogen and oxygen atoms in total. The normalized spacial score (nSPS) is 14.2. The molecule has 2 heterocycles. The first kappa shape index (κ1) is 43.8. The number of methoxy groups -OCH3 is 4. The molecule has 57 heavy (non-hydrogen) atoms. The lowest BCUT2D eigenvalue weighted by Gasteiger charge is -2.18. The Bertz CT molecular complexity index is 2410. The summed E-state index contributed by atoms with van der Waals surface area (Å²) in [5.74, 6) is 1.87. The fourth-order valence-electron chi connectivity index (χ4n) is 4.89. The van der Waals surface area contributed by atoms with Crippen molar-refractivity contribution in [2.24, 2.45) is 19.0 Å². The Morgan fingerprint density at radius 2 is 1.23 bits per heavy atom. The van der Waals surface area contributed by atoms with Gasteiger partial charge in [-0.2, -0.15) is 27.0 Å². The number of benzene rings is 4. The molecule has 0 unspecified atom stereocenters. The molecule has 0 spiro atoms. The van der Waals surface area contributed by atoms with Crippen LogP contribution in [0.4, 0.5) is 0 Å². The number of rotatable bonds is 12. The summed E-state index contributed by atoms with van der Waals surface area (Å²) in [4.78, 5) is 0.177. The number of hydrazone groups is 2. The fourth-order valence-corrected chi connectivity index (χ4v) is 7.65. The third-order valence-corrected chi connectivity index (χ3v) is 10.7. The maximum Gasteiger partial charge on any atom is 0.285 e. The van der Waals surface area contributed by atoms with Crippen molar-refractivity contribution in [1.82, 2.24) is 10.4 Å². The highest BCUT2D eigenvalue weighted by Gasteiger charge is 2.32. The predicted octanol–water partition coefficient (Wildman–Crippen LogP) is 2.89. The van der Waals surface area contributed by atoms with Crippen molar-refractivity contribution < 1.29 is 56.2 Å². The number of halogens is 1. The summed E-state index contributed by atoms with van der Waals surface area (Å²) in [5.41, 5.74) is 4.79. The molecule has 0 bridgehead atoms. The Morgan fingerprint density at radius 3 is 1.75 bits per heavy atom. The van der Waals surface area contributed by atoms with Crippen LogP contribution in [-0.2, 0) is 20.0 Å². The van der Waals surface area contributed by atoms with Crippen LogP contribution in [0.2, 0.25) is 0 Å². The van der Waals surface area contributed by atoms with Crippen molar-refractivity contribution >= 4 is 55.1 Å². The molecule has 0 aliphatic carbocycles. The SMILES string of the molecule is COc1cc(/C=N/NCCO)ccc1O.COc1ccc2c(c1)C(Cl)=NS2(=O)=O.COc1ccc2c(c1)C(N(CCO)/N=C/c1ccc(O)c(OC)c1)=NS2(=O)=O. The molecule has 21 heteroatoms. The quantitative estimate of drug-likeness (QED) is 0.0782. The predicted molar refractivity (Wildman–Crippen MR) is 213 cm³/mol. The van der Waals surface area contributed by atoms with E-state index in [-0.39, 0.29) is 57.8 Å². The third kappa shape index (κ3) is 11.1. The lowest BCUT2D eigenvalue weighted by atomic mass is 10.2. The third-order valence-electron chi connectivity index (χ3n) is 7.64. The van der Waals surface area contributed by atoms with Crippen LogP contribution in [0.5, 0.6) is 34.5 Å². The number of amidine groups is 1. The smallest absolute Gasteiger partial charge is 0.285 e. The van der Waals surface area contributed by atoms with Gasteiger partial charge in [0.1, 0.15) is 16.4 Å². The van der Waals surface area contributed by atoms with Gasteiger partial charge in [-0.25, -0.2) is 5.01 Å². The first-order valence-corrected chi connectivity index (χ1v) is 19.7. The molecule has 6 rings (SSSR count). The van der Waals surface area contributed by atoms with Gasteiger partial charge < -0.3 is 44.8 Å². The Labute approximate surface area is 333 Å². The number of phenolic OH excluding ortho intramolecular Hbond substituents is 2. The van der Waals surface area contributed by atoms with E-state index < -0.39 is 20.0 Å². The van der Waals surface area contributed by atoms with Gasteiger partial charge in [-0.3, -0.25) is 0 Å². The highest BCUT2D eigenvalue weighted by molar-refractivity contribution is 7.91. The number of aliphatic hydroxyl groups is 2. The molecule has 0 saturated carbocycles. The van der Waals surface area contributed by atoms with Crippen LogP contribution < -0.4 is 24.4 Å². The van der Waals surface area contributed by atoms with Crippen molar-refractivity contribution in [3.8, 4) is 34.5 Å². The number of nitrogens with zero attached hydrogens (tertiary/aromatic N) is 5. The summed E-state index contributed by atoms with van der Waals surface area (Å²) in [6.07, 6.45) is 3.03. The van der Waals surface area contributed by atoms with E-state index in [1.165, 1.54) is 70.0 Å². The van der Waals surface area contributed by atoms with Gasteiger partial charge >= 0.3 is 0 Å². The highest BCUT2D eigenvalue weighted by atomic mass is 35.5. The van der Waals surface area contributed by atoms with E-state index in [2.05, 4.69) is 24.4 Å². The van der Waals surface area contributed by atoms with Crippen LogP contribution in [0, 0.1) is 0 Å². The van der Waals surface area contributed by atoms with E-state index in [1.54, 1.807) is 48.7 Å². The topological polar surface area (TPSA) is 251 Å². The molecule has 5 N–H and O–H groups in total. The van der Waals surface area contributed by atoms with Crippen LogP contribution in [0.25, 0.3) is 0 Å². The molecular formula is C36H39ClN6O12S2. The minimum atomic E-state index is -3.86. The number of ether oxygens (including phenoxy) is 4. The molecule has 4 aromatic carbocycles. The van der Waals surface area contributed by atoms with Gasteiger partial charge in [0.05, 0.1) is 72.1 Å². The number of fused-ring (bicyclic) bond motifs is 2. The molecule has 0 aromatic heterocycles. The first-order valence-electron chi connectivity index (χ1n) is 16.5. The molecule has 0 atom stereocenters. The van der Waals surface area contributed by atoms with Gasteiger partial charge in [-0.1, -0.05) is 11.6 Å². The van der Waals surface area contributed by atoms with Gasteiger partial charge in [0.25, 0.3) is 20.0 Å². The number of hydrogen-bond donors (Lipinski definition) is 5. The summed E-state index contributed by atoms with van der Waals surface area (Å²) in [7, 11) is -1.55. The zero-order chi connectivity index (χ0) is 41.8. The summed E-state index contributed by atoms with van der Waals surface area (Å²) in [6, 6.07) is 18.6.